The zero-order valence-corrected chi connectivity index (χ0v) is 17.3. The second-order valence-electron chi connectivity index (χ2n) is 9.66. The highest BCUT2D eigenvalue weighted by Gasteiger charge is 2.54. The van der Waals surface area contributed by atoms with Crippen molar-refractivity contribution in [1.29, 1.82) is 0 Å². The Balaban J connectivity index is 1.48. The van der Waals surface area contributed by atoms with Gasteiger partial charge in [0.25, 0.3) is 0 Å². The molecule has 2 heterocycles. The molecule has 2 bridgehead atoms. The average molecular weight is 371 g/mol. The number of ether oxygens (including phenoxy) is 1. The highest BCUT2D eigenvalue weighted by molar-refractivity contribution is 5.78. The van der Waals surface area contributed by atoms with Crippen LogP contribution in [0.3, 0.4) is 0 Å². The van der Waals surface area contributed by atoms with E-state index in [1.807, 2.05) is 6.07 Å². The second-order valence-corrected chi connectivity index (χ2v) is 9.66. The van der Waals surface area contributed by atoms with Crippen LogP contribution in [0.4, 0.5) is 0 Å². The van der Waals surface area contributed by atoms with E-state index in [1.165, 1.54) is 30.2 Å². The Morgan fingerprint density at radius 3 is 2.15 bits per heavy atom. The van der Waals surface area contributed by atoms with Crippen LogP contribution in [-0.2, 0) is 9.53 Å². The average Bonchev–Trinajstić information content (AvgIpc) is 3.21. The number of fused-ring (bicyclic) bond motifs is 2. The molecule has 5 atom stereocenters. The van der Waals surface area contributed by atoms with Crippen molar-refractivity contribution in [2.75, 3.05) is 7.05 Å². The first kappa shape index (κ1) is 19.0. The molecule has 3 aliphatic rings. The summed E-state index contributed by atoms with van der Waals surface area (Å²) in [5, 5.41) is 0. The molecule has 0 spiro atoms. The number of carbonyl (C=O) groups is 1. The van der Waals surface area contributed by atoms with Crippen LogP contribution >= 0.6 is 0 Å². The van der Waals surface area contributed by atoms with E-state index in [-0.39, 0.29) is 18.0 Å². The summed E-state index contributed by atoms with van der Waals surface area (Å²) < 4.78 is 7.40. The number of hydrogen-bond acceptors (Lipinski definition) is 2. The van der Waals surface area contributed by atoms with Gasteiger partial charge in [0.2, 0.25) is 0 Å². The minimum atomic E-state index is -0.0701. The largest absolute Gasteiger partial charge is 0.461 e. The lowest BCUT2D eigenvalue weighted by atomic mass is 9.84. The highest BCUT2D eigenvalue weighted by atomic mass is 16.5. The van der Waals surface area contributed by atoms with Gasteiger partial charge in [-0.15, -0.1) is 0 Å². The Morgan fingerprint density at radius 2 is 1.59 bits per heavy atom. The molecule has 148 valence electrons. The molecule has 2 aliphatic heterocycles. The molecular formula is C24H36NO2+. The van der Waals surface area contributed by atoms with Gasteiger partial charge in [-0.3, -0.25) is 4.79 Å². The van der Waals surface area contributed by atoms with Gasteiger partial charge < -0.3 is 9.22 Å². The monoisotopic (exact) mass is 370 g/mol. The first-order chi connectivity index (χ1) is 13.0. The minimum Gasteiger partial charge on any atom is -0.461 e. The number of quaternary nitrogens is 1. The van der Waals surface area contributed by atoms with Gasteiger partial charge in [0.15, 0.2) is 0 Å². The first-order valence-electron chi connectivity index (χ1n) is 11.1. The van der Waals surface area contributed by atoms with Gasteiger partial charge >= 0.3 is 5.97 Å². The quantitative estimate of drug-likeness (QED) is 0.535. The Kier molecular flexibility index (Phi) is 5.33. The van der Waals surface area contributed by atoms with E-state index in [4.69, 9.17) is 4.74 Å². The lowest BCUT2D eigenvalue weighted by Gasteiger charge is -2.49. The zero-order chi connectivity index (χ0) is 19.0. The van der Waals surface area contributed by atoms with Crippen LogP contribution < -0.4 is 0 Å². The zero-order valence-electron chi connectivity index (χ0n) is 17.3. The van der Waals surface area contributed by atoms with Crippen LogP contribution in [0.25, 0.3) is 0 Å². The van der Waals surface area contributed by atoms with E-state index in [0.29, 0.717) is 24.0 Å². The van der Waals surface area contributed by atoms with Crippen molar-refractivity contribution in [3.8, 4) is 0 Å². The predicted molar refractivity (Wildman–Crippen MR) is 108 cm³/mol. The molecule has 0 amide bonds. The van der Waals surface area contributed by atoms with Crippen LogP contribution in [0.2, 0.25) is 0 Å². The highest BCUT2D eigenvalue weighted by Crippen LogP contribution is 2.45. The summed E-state index contributed by atoms with van der Waals surface area (Å²) in [5.41, 5.74) is 1.15. The van der Waals surface area contributed by atoms with Crippen LogP contribution in [0.5, 0.6) is 0 Å². The smallest absolute Gasteiger partial charge is 0.313 e. The maximum atomic E-state index is 13.3. The summed E-state index contributed by atoms with van der Waals surface area (Å²) >= 11 is 0. The van der Waals surface area contributed by atoms with Gasteiger partial charge in [0, 0.05) is 25.7 Å². The molecular weight excluding hydrogens is 334 g/mol. The van der Waals surface area contributed by atoms with Gasteiger partial charge in [0.1, 0.15) is 6.10 Å². The van der Waals surface area contributed by atoms with Crippen molar-refractivity contribution >= 4 is 5.97 Å². The van der Waals surface area contributed by atoms with Gasteiger partial charge in [-0.25, -0.2) is 0 Å². The van der Waals surface area contributed by atoms with E-state index >= 15 is 0 Å². The van der Waals surface area contributed by atoms with E-state index in [9.17, 15) is 4.79 Å². The molecule has 3 fully saturated rings. The Labute approximate surface area is 164 Å². The molecule has 0 radical (unpaired) electrons. The number of hydrogen-bond donors (Lipinski definition) is 0. The molecule has 4 rings (SSSR count). The lowest BCUT2D eigenvalue weighted by Crippen LogP contribution is -2.62. The maximum absolute atomic E-state index is 13.3. The van der Waals surface area contributed by atoms with Gasteiger partial charge in [-0.05, 0) is 38.2 Å². The standard InChI is InChI=1S/C24H36NO2/c1-17(2)25(3)20-13-14-21(25)16-22(15-20)27-24(26)23(19-11-7-8-12-19)18-9-5-4-6-10-18/h4-6,9-10,17,19-23H,7-8,11-16H2,1-3H3/q+1/t20-,21+,22?,23-,25?/m1/s1. The normalized spacial score (nSPS) is 34.7. The van der Waals surface area contributed by atoms with Crippen molar-refractivity contribution in [1.82, 2.24) is 0 Å². The van der Waals surface area contributed by atoms with Gasteiger partial charge in [-0.1, -0.05) is 43.2 Å². The number of benzene rings is 1. The third kappa shape index (κ3) is 3.44. The number of carbonyl (C=O) groups excluding carboxylic acids is 1. The Bertz CT molecular complexity index is 636. The summed E-state index contributed by atoms with van der Waals surface area (Å²) in [5.74, 6) is 0.425. The van der Waals surface area contributed by atoms with E-state index < -0.39 is 0 Å². The first-order valence-corrected chi connectivity index (χ1v) is 11.1. The molecule has 1 aromatic rings. The Morgan fingerprint density at radius 1 is 1.00 bits per heavy atom. The van der Waals surface area contributed by atoms with Gasteiger partial charge in [0.05, 0.1) is 31.1 Å². The molecule has 27 heavy (non-hydrogen) atoms. The SMILES string of the molecule is CC(C)[N+]1(C)[C@@H]2CC[C@H]1CC(OC(=O)[C@H](c1ccccc1)C1CCCC1)C2. The van der Waals surface area contributed by atoms with E-state index in [1.54, 1.807) is 0 Å². The molecule has 1 saturated carbocycles. The van der Waals surface area contributed by atoms with Crippen molar-refractivity contribution < 1.29 is 14.0 Å². The van der Waals surface area contributed by atoms with Crippen LogP contribution in [0.1, 0.15) is 76.7 Å². The lowest BCUT2D eigenvalue weighted by molar-refractivity contribution is -0.968. The molecule has 2 unspecified atom stereocenters. The van der Waals surface area contributed by atoms with Crippen LogP contribution in [0.15, 0.2) is 30.3 Å². The molecule has 1 aliphatic carbocycles. The minimum absolute atomic E-state index is 0.0400. The third-order valence-corrected chi connectivity index (χ3v) is 8.16. The van der Waals surface area contributed by atoms with Crippen LogP contribution in [0, 0.1) is 5.92 Å². The van der Waals surface area contributed by atoms with E-state index in [0.717, 1.165) is 31.2 Å². The summed E-state index contributed by atoms with van der Waals surface area (Å²) in [6.45, 7) is 4.70. The summed E-state index contributed by atoms with van der Waals surface area (Å²) in [6.07, 6.45) is 9.60. The van der Waals surface area contributed by atoms with Crippen molar-refractivity contribution in [2.45, 2.75) is 95.4 Å². The second kappa shape index (κ2) is 7.58. The molecule has 3 heteroatoms. The maximum Gasteiger partial charge on any atom is 0.313 e. The predicted octanol–water partition coefficient (Wildman–Crippen LogP) is 5.05. The van der Waals surface area contributed by atoms with Crippen molar-refractivity contribution in [2.24, 2.45) is 5.92 Å². The molecule has 1 aromatic carbocycles. The summed E-state index contributed by atoms with van der Waals surface area (Å²) in [4.78, 5) is 13.3. The van der Waals surface area contributed by atoms with Crippen molar-refractivity contribution in [3.05, 3.63) is 35.9 Å². The molecule has 3 nitrogen and oxygen atoms in total. The van der Waals surface area contributed by atoms with Crippen LogP contribution in [-0.4, -0.2) is 41.7 Å². The topological polar surface area (TPSA) is 26.3 Å². The van der Waals surface area contributed by atoms with E-state index in [2.05, 4.69) is 45.2 Å². The van der Waals surface area contributed by atoms with Crippen molar-refractivity contribution in [3.63, 3.8) is 0 Å². The number of piperidine rings is 1. The summed E-state index contributed by atoms with van der Waals surface area (Å²) in [6, 6.07) is 12.3. The third-order valence-electron chi connectivity index (χ3n) is 8.16. The molecule has 0 N–H and O–H groups in total. The number of nitrogens with zero attached hydrogens (tertiary/aromatic N) is 1. The molecule has 0 aromatic heterocycles. The Hall–Kier alpha value is -1.35. The fraction of sp³-hybridized carbons (Fsp3) is 0.708. The van der Waals surface area contributed by atoms with Gasteiger partial charge in [-0.2, -0.15) is 0 Å². The number of esters is 1. The summed E-state index contributed by atoms with van der Waals surface area (Å²) in [7, 11) is 2.43. The molecule has 2 saturated heterocycles. The number of rotatable bonds is 5. The fourth-order valence-corrected chi connectivity index (χ4v) is 6.36. The fourth-order valence-electron chi connectivity index (χ4n) is 6.36.